The summed E-state index contributed by atoms with van der Waals surface area (Å²) >= 11 is 1.79. The highest BCUT2D eigenvalue weighted by Crippen LogP contribution is 2.22. The molecule has 1 aromatic carbocycles. The van der Waals surface area contributed by atoms with E-state index in [4.69, 9.17) is 0 Å². The van der Waals surface area contributed by atoms with Gasteiger partial charge in [-0.1, -0.05) is 0 Å². The standard InChI is InChI=1S/C14H24N2O2S2/c1-11(2)16-20(17,18)13-8-6-12(7-9-13)15-10-14(3,4)19-5/h6-9,11,15-16H,10H2,1-5H3. The lowest BCUT2D eigenvalue weighted by molar-refractivity contribution is 0.570. The van der Waals surface area contributed by atoms with Crippen LogP contribution < -0.4 is 10.0 Å². The van der Waals surface area contributed by atoms with Crippen LogP contribution in [0.25, 0.3) is 0 Å². The normalized spacial score (nSPS) is 12.7. The van der Waals surface area contributed by atoms with E-state index in [0.717, 1.165) is 12.2 Å². The SMILES string of the molecule is CSC(C)(C)CNc1ccc(S(=O)(=O)NC(C)C)cc1. The number of nitrogens with one attached hydrogen (secondary N) is 2. The Morgan fingerprint density at radius 1 is 1.20 bits per heavy atom. The molecule has 6 heteroatoms. The first-order valence-electron chi connectivity index (χ1n) is 6.58. The average Bonchev–Trinajstić information content (AvgIpc) is 2.35. The van der Waals surface area contributed by atoms with Crippen molar-refractivity contribution in [3.8, 4) is 0 Å². The van der Waals surface area contributed by atoms with Crippen LogP contribution >= 0.6 is 11.8 Å². The van der Waals surface area contributed by atoms with Crippen molar-refractivity contribution >= 4 is 27.5 Å². The van der Waals surface area contributed by atoms with Crippen molar-refractivity contribution in [2.45, 2.75) is 43.4 Å². The van der Waals surface area contributed by atoms with E-state index >= 15 is 0 Å². The van der Waals surface area contributed by atoms with Gasteiger partial charge in [0.1, 0.15) is 0 Å². The molecule has 0 heterocycles. The van der Waals surface area contributed by atoms with Gasteiger partial charge >= 0.3 is 0 Å². The van der Waals surface area contributed by atoms with E-state index < -0.39 is 10.0 Å². The van der Waals surface area contributed by atoms with E-state index in [9.17, 15) is 8.42 Å². The summed E-state index contributed by atoms with van der Waals surface area (Å²) in [7, 11) is -3.41. The number of thioether (sulfide) groups is 1. The van der Waals surface area contributed by atoms with Gasteiger partial charge in [0.2, 0.25) is 10.0 Å². The minimum Gasteiger partial charge on any atom is -0.384 e. The summed E-state index contributed by atoms with van der Waals surface area (Å²) in [6.45, 7) is 8.76. The maximum atomic E-state index is 12.0. The van der Waals surface area contributed by atoms with Gasteiger partial charge in [-0.15, -0.1) is 0 Å². The van der Waals surface area contributed by atoms with E-state index in [1.54, 1.807) is 49.9 Å². The van der Waals surface area contributed by atoms with E-state index in [1.165, 1.54) is 0 Å². The highest BCUT2D eigenvalue weighted by atomic mass is 32.2. The molecule has 0 atom stereocenters. The van der Waals surface area contributed by atoms with E-state index in [-0.39, 0.29) is 10.8 Å². The lowest BCUT2D eigenvalue weighted by Crippen LogP contribution is -2.30. The van der Waals surface area contributed by atoms with Gasteiger partial charge in [-0.25, -0.2) is 13.1 Å². The van der Waals surface area contributed by atoms with Gasteiger partial charge in [0.25, 0.3) is 0 Å². The van der Waals surface area contributed by atoms with Gasteiger partial charge in [-0.3, -0.25) is 0 Å². The predicted molar refractivity (Wildman–Crippen MR) is 88.0 cm³/mol. The summed E-state index contributed by atoms with van der Waals surface area (Å²) in [5.41, 5.74) is 0.927. The molecule has 0 amide bonds. The Hall–Kier alpha value is -0.720. The molecule has 0 fully saturated rings. The Kier molecular flexibility index (Phi) is 5.91. The van der Waals surface area contributed by atoms with E-state index in [2.05, 4.69) is 30.1 Å². The molecule has 1 aromatic rings. The first kappa shape index (κ1) is 17.3. The zero-order valence-corrected chi connectivity index (χ0v) is 14.4. The van der Waals surface area contributed by atoms with Crippen LogP contribution in [-0.2, 0) is 10.0 Å². The zero-order chi connectivity index (χ0) is 15.4. The summed E-state index contributed by atoms with van der Waals surface area (Å²) < 4.78 is 26.7. The van der Waals surface area contributed by atoms with Gasteiger partial charge in [0.15, 0.2) is 0 Å². The minimum atomic E-state index is -3.41. The van der Waals surface area contributed by atoms with Crippen LogP contribution in [0, 0.1) is 0 Å². The third-order valence-electron chi connectivity index (χ3n) is 2.83. The number of hydrogen-bond acceptors (Lipinski definition) is 4. The summed E-state index contributed by atoms with van der Waals surface area (Å²) in [4.78, 5) is 0.292. The molecule has 0 aromatic heterocycles. The first-order chi connectivity index (χ1) is 9.16. The number of benzene rings is 1. The van der Waals surface area contributed by atoms with Crippen LogP contribution in [0.3, 0.4) is 0 Å². The molecular weight excluding hydrogens is 292 g/mol. The van der Waals surface area contributed by atoms with Crippen molar-refractivity contribution in [2.24, 2.45) is 0 Å². The largest absolute Gasteiger partial charge is 0.384 e. The second-order valence-electron chi connectivity index (χ2n) is 5.62. The molecule has 2 N–H and O–H groups in total. The van der Waals surface area contributed by atoms with E-state index in [0.29, 0.717) is 4.90 Å². The number of anilines is 1. The molecule has 0 saturated carbocycles. The molecule has 0 spiro atoms. The zero-order valence-electron chi connectivity index (χ0n) is 12.7. The second kappa shape index (κ2) is 6.83. The molecular formula is C14H24N2O2S2. The Morgan fingerprint density at radius 3 is 2.20 bits per heavy atom. The topological polar surface area (TPSA) is 58.2 Å². The number of hydrogen-bond donors (Lipinski definition) is 2. The summed E-state index contributed by atoms with van der Waals surface area (Å²) in [6.07, 6.45) is 2.08. The quantitative estimate of drug-likeness (QED) is 0.812. The molecule has 0 saturated heterocycles. The fourth-order valence-electron chi connectivity index (χ4n) is 1.52. The summed E-state index contributed by atoms with van der Waals surface area (Å²) in [6, 6.07) is 6.73. The lowest BCUT2D eigenvalue weighted by atomic mass is 10.2. The molecule has 20 heavy (non-hydrogen) atoms. The van der Waals surface area contributed by atoms with Gasteiger partial charge in [0.05, 0.1) is 4.90 Å². The van der Waals surface area contributed by atoms with Crippen LogP contribution in [-0.4, -0.2) is 32.0 Å². The van der Waals surface area contributed by atoms with Crippen LogP contribution in [0.15, 0.2) is 29.2 Å². The van der Waals surface area contributed by atoms with Crippen molar-refractivity contribution in [3.63, 3.8) is 0 Å². The highest BCUT2D eigenvalue weighted by molar-refractivity contribution is 7.99. The van der Waals surface area contributed by atoms with Gasteiger partial charge < -0.3 is 5.32 Å². The second-order valence-corrected chi connectivity index (χ2v) is 8.85. The molecule has 0 bridgehead atoms. The first-order valence-corrected chi connectivity index (χ1v) is 9.28. The minimum absolute atomic E-state index is 0.111. The van der Waals surface area contributed by atoms with E-state index in [1.807, 2.05) is 0 Å². The van der Waals surface area contributed by atoms with Crippen molar-refractivity contribution in [1.29, 1.82) is 0 Å². The third kappa shape index (κ3) is 5.34. The Bertz CT molecular complexity index is 523. The maximum Gasteiger partial charge on any atom is 0.240 e. The monoisotopic (exact) mass is 316 g/mol. The van der Waals surface area contributed by atoms with Crippen LogP contribution in [0.4, 0.5) is 5.69 Å². The molecule has 0 radical (unpaired) electrons. The van der Waals surface area contributed by atoms with Crippen LogP contribution in [0.1, 0.15) is 27.7 Å². The molecule has 0 unspecified atom stereocenters. The predicted octanol–water partition coefficient (Wildman–Crippen LogP) is 2.93. The smallest absolute Gasteiger partial charge is 0.240 e. The van der Waals surface area contributed by atoms with Crippen molar-refractivity contribution in [1.82, 2.24) is 4.72 Å². The highest BCUT2D eigenvalue weighted by Gasteiger charge is 2.17. The fraction of sp³-hybridized carbons (Fsp3) is 0.571. The van der Waals surface area contributed by atoms with Crippen molar-refractivity contribution in [2.75, 3.05) is 18.1 Å². The van der Waals surface area contributed by atoms with Crippen molar-refractivity contribution < 1.29 is 8.42 Å². The molecule has 0 aliphatic carbocycles. The average molecular weight is 316 g/mol. The molecule has 0 aliphatic heterocycles. The lowest BCUT2D eigenvalue weighted by Gasteiger charge is -2.23. The van der Waals surface area contributed by atoms with Gasteiger partial charge in [-0.05, 0) is 58.2 Å². The Labute approximate surface area is 126 Å². The number of sulfonamides is 1. The van der Waals surface area contributed by atoms with Gasteiger partial charge in [0, 0.05) is 23.0 Å². The summed E-state index contributed by atoms with van der Waals surface area (Å²) in [5, 5.41) is 3.32. The fourth-order valence-corrected chi connectivity index (χ4v) is 2.98. The Morgan fingerprint density at radius 2 is 1.75 bits per heavy atom. The third-order valence-corrected chi connectivity index (χ3v) is 5.75. The van der Waals surface area contributed by atoms with Crippen LogP contribution in [0.5, 0.6) is 0 Å². The van der Waals surface area contributed by atoms with Crippen molar-refractivity contribution in [3.05, 3.63) is 24.3 Å². The molecule has 114 valence electrons. The molecule has 0 aliphatic rings. The van der Waals surface area contributed by atoms with Gasteiger partial charge in [-0.2, -0.15) is 11.8 Å². The molecule has 1 rings (SSSR count). The Balaban J connectivity index is 2.75. The molecule has 4 nitrogen and oxygen atoms in total. The number of rotatable bonds is 7. The summed E-state index contributed by atoms with van der Waals surface area (Å²) in [5.74, 6) is 0. The van der Waals surface area contributed by atoms with Crippen LogP contribution in [0.2, 0.25) is 0 Å². The maximum absolute atomic E-state index is 12.0.